The normalized spacial score (nSPS) is 18.1. The molecule has 2 aromatic rings. The second kappa shape index (κ2) is 5.98. The molecule has 0 atom stereocenters. The fraction of sp³-hybridized carbons (Fsp3) is 0.533. The minimum Gasteiger partial charge on any atom is -0.331 e. The highest BCUT2D eigenvalue weighted by Gasteiger charge is 2.18. The molecule has 0 unspecified atom stereocenters. The number of H-pyrrole nitrogens is 1. The van der Waals surface area contributed by atoms with E-state index in [0.717, 1.165) is 23.9 Å². The molecule has 1 fully saturated rings. The molecule has 0 radical (unpaired) electrons. The molecular weight excluding hydrogens is 339 g/mol. The van der Waals surface area contributed by atoms with E-state index < -0.39 is 0 Å². The van der Waals surface area contributed by atoms with Gasteiger partial charge in [0, 0.05) is 12.1 Å². The highest BCUT2D eigenvalue weighted by atomic mass is 79.9. The van der Waals surface area contributed by atoms with Crippen LogP contribution in [0.3, 0.4) is 0 Å². The van der Waals surface area contributed by atoms with E-state index in [1.54, 1.807) is 12.1 Å². The first kappa shape index (κ1) is 14.3. The number of halogens is 2. The molecule has 1 saturated carbocycles. The average molecular weight is 357 g/mol. The third kappa shape index (κ3) is 2.70. The first-order valence-corrected chi connectivity index (χ1v) is 8.46. The van der Waals surface area contributed by atoms with Crippen molar-refractivity contribution in [2.45, 2.75) is 51.0 Å². The summed E-state index contributed by atoms with van der Waals surface area (Å²) >= 11 is 8.70. The van der Waals surface area contributed by atoms with Crippen LogP contribution in [0.15, 0.2) is 16.6 Å². The summed E-state index contributed by atoms with van der Waals surface area (Å²) in [6, 6.07) is 3.77. The fourth-order valence-corrected chi connectivity index (χ4v) is 3.88. The molecule has 1 heterocycles. The molecule has 108 valence electrons. The lowest BCUT2D eigenvalue weighted by molar-refractivity contribution is 0.375. The van der Waals surface area contributed by atoms with E-state index in [2.05, 4.69) is 25.5 Å². The van der Waals surface area contributed by atoms with E-state index in [1.807, 2.05) is 0 Å². The summed E-state index contributed by atoms with van der Waals surface area (Å²) in [5.41, 5.74) is 1.80. The van der Waals surface area contributed by atoms with Crippen molar-refractivity contribution < 1.29 is 4.39 Å². The molecule has 0 saturated heterocycles. The first-order chi connectivity index (χ1) is 9.66. The molecule has 0 aliphatic heterocycles. The van der Waals surface area contributed by atoms with Gasteiger partial charge in [0.25, 0.3) is 0 Å². The van der Waals surface area contributed by atoms with E-state index >= 15 is 0 Å². The number of aromatic amines is 1. The summed E-state index contributed by atoms with van der Waals surface area (Å²) in [6.45, 7) is 0. The van der Waals surface area contributed by atoms with Crippen LogP contribution in [0, 0.1) is 10.6 Å². The first-order valence-electron chi connectivity index (χ1n) is 7.26. The smallest absolute Gasteiger partial charge is 0.178 e. The molecule has 2 nitrogen and oxygen atoms in total. The lowest BCUT2D eigenvalue weighted by atomic mass is 9.96. The maximum atomic E-state index is 13.8. The van der Waals surface area contributed by atoms with Gasteiger partial charge < -0.3 is 9.55 Å². The predicted molar refractivity (Wildman–Crippen MR) is 86.1 cm³/mol. The molecule has 5 heteroatoms. The van der Waals surface area contributed by atoms with Crippen LogP contribution in [0.5, 0.6) is 0 Å². The van der Waals surface area contributed by atoms with Gasteiger partial charge in [-0.25, -0.2) is 4.39 Å². The van der Waals surface area contributed by atoms with Crippen molar-refractivity contribution in [1.82, 2.24) is 9.55 Å². The summed E-state index contributed by atoms with van der Waals surface area (Å²) in [5, 5.41) is 0. The average Bonchev–Trinajstić information content (AvgIpc) is 2.66. The van der Waals surface area contributed by atoms with Crippen molar-refractivity contribution in [3.8, 4) is 0 Å². The van der Waals surface area contributed by atoms with Crippen LogP contribution in [0.1, 0.15) is 51.0 Å². The van der Waals surface area contributed by atoms with Crippen molar-refractivity contribution >= 4 is 39.2 Å². The van der Waals surface area contributed by atoms with E-state index in [4.69, 9.17) is 12.2 Å². The van der Waals surface area contributed by atoms with Crippen LogP contribution in [-0.4, -0.2) is 9.55 Å². The van der Waals surface area contributed by atoms with Gasteiger partial charge in [-0.05, 0) is 47.1 Å². The summed E-state index contributed by atoms with van der Waals surface area (Å²) < 4.78 is 17.2. The molecule has 0 spiro atoms. The van der Waals surface area contributed by atoms with E-state index in [-0.39, 0.29) is 5.82 Å². The Labute approximate surface area is 131 Å². The number of imidazole rings is 1. The molecule has 1 aromatic heterocycles. The van der Waals surface area contributed by atoms with Crippen LogP contribution in [-0.2, 0) is 0 Å². The topological polar surface area (TPSA) is 20.7 Å². The molecule has 1 aromatic carbocycles. The van der Waals surface area contributed by atoms with E-state index in [1.165, 1.54) is 32.1 Å². The second-order valence-electron chi connectivity index (χ2n) is 5.58. The van der Waals surface area contributed by atoms with Gasteiger partial charge in [-0.2, -0.15) is 0 Å². The van der Waals surface area contributed by atoms with Gasteiger partial charge in [-0.1, -0.05) is 32.1 Å². The molecule has 1 N–H and O–H groups in total. The third-order valence-electron chi connectivity index (χ3n) is 4.20. The Balaban J connectivity index is 2.07. The van der Waals surface area contributed by atoms with Gasteiger partial charge in [0.2, 0.25) is 0 Å². The van der Waals surface area contributed by atoms with E-state index in [0.29, 0.717) is 15.3 Å². The molecule has 1 aliphatic carbocycles. The lowest BCUT2D eigenvalue weighted by Gasteiger charge is -2.22. The monoisotopic (exact) mass is 356 g/mol. The number of hydrogen-bond acceptors (Lipinski definition) is 1. The second-order valence-corrected chi connectivity index (χ2v) is 6.82. The Kier molecular flexibility index (Phi) is 4.26. The number of nitrogens with zero attached hydrogens (tertiary/aromatic N) is 1. The summed E-state index contributed by atoms with van der Waals surface area (Å²) in [4.78, 5) is 3.21. The summed E-state index contributed by atoms with van der Waals surface area (Å²) in [5.74, 6) is -0.230. The quantitative estimate of drug-likeness (QED) is 0.632. The lowest BCUT2D eigenvalue weighted by Crippen LogP contribution is -2.11. The maximum absolute atomic E-state index is 13.8. The van der Waals surface area contributed by atoms with Gasteiger partial charge in [0.05, 0.1) is 15.5 Å². The van der Waals surface area contributed by atoms with Crippen molar-refractivity contribution in [3.63, 3.8) is 0 Å². The minimum atomic E-state index is -0.230. The van der Waals surface area contributed by atoms with Crippen molar-refractivity contribution in [3.05, 3.63) is 27.2 Å². The molecule has 0 amide bonds. The van der Waals surface area contributed by atoms with Crippen LogP contribution < -0.4 is 0 Å². The zero-order chi connectivity index (χ0) is 14.1. The van der Waals surface area contributed by atoms with Crippen molar-refractivity contribution in [2.75, 3.05) is 0 Å². The largest absolute Gasteiger partial charge is 0.331 e. The Morgan fingerprint density at radius 2 is 1.80 bits per heavy atom. The predicted octanol–water partition coefficient (Wildman–Crippen LogP) is 5.89. The standard InChI is InChI=1S/C15H18BrFN2S/c16-11-8-13-14(9-12(11)17)19(15(20)18-13)10-6-4-2-1-3-5-7-10/h8-10H,1-7H2,(H,18,20). The van der Waals surface area contributed by atoms with Gasteiger partial charge in [-0.3, -0.25) is 0 Å². The summed E-state index contributed by atoms with van der Waals surface area (Å²) in [7, 11) is 0. The number of fused-ring (bicyclic) bond motifs is 1. The molecule has 20 heavy (non-hydrogen) atoms. The highest BCUT2D eigenvalue weighted by Crippen LogP contribution is 2.31. The van der Waals surface area contributed by atoms with Crippen LogP contribution in [0.4, 0.5) is 4.39 Å². The molecule has 3 rings (SSSR count). The van der Waals surface area contributed by atoms with Crippen molar-refractivity contribution in [1.29, 1.82) is 0 Å². The highest BCUT2D eigenvalue weighted by molar-refractivity contribution is 9.10. The van der Waals surface area contributed by atoms with Crippen molar-refractivity contribution in [2.24, 2.45) is 0 Å². The summed E-state index contributed by atoms with van der Waals surface area (Å²) in [6.07, 6.45) is 8.68. The molecule has 0 bridgehead atoms. The number of rotatable bonds is 1. The third-order valence-corrected chi connectivity index (χ3v) is 5.10. The minimum absolute atomic E-state index is 0.230. The van der Waals surface area contributed by atoms with Gasteiger partial charge in [0.1, 0.15) is 5.82 Å². The fourth-order valence-electron chi connectivity index (χ4n) is 3.18. The number of aromatic nitrogens is 2. The van der Waals surface area contributed by atoms with Crippen LogP contribution in [0.25, 0.3) is 11.0 Å². The number of nitrogens with one attached hydrogen (secondary N) is 1. The Morgan fingerprint density at radius 1 is 1.15 bits per heavy atom. The van der Waals surface area contributed by atoms with Gasteiger partial charge >= 0.3 is 0 Å². The maximum Gasteiger partial charge on any atom is 0.178 e. The van der Waals surface area contributed by atoms with Crippen LogP contribution in [0.2, 0.25) is 0 Å². The zero-order valence-electron chi connectivity index (χ0n) is 11.3. The Morgan fingerprint density at radius 3 is 2.50 bits per heavy atom. The zero-order valence-corrected chi connectivity index (χ0v) is 13.7. The molecule has 1 aliphatic rings. The van der Waals surface area contributed by atoms with Crippen LogP contribution >= 0.6 is 28.1 Å². The molecular formula is C15H18BrFN2S. The Bertz CT molecular complexity index is 668. The number of benzene rings is 1. The number of hydrogen-bond donors (Lipinski definition) is 1. The Hall–Kier alpha value is -0.680. The van der Waals surface area contributed by atoms with Gasteiger partial charge in [0.15, 0.2) is 4.77 Å². The SMILES string of the molecule is Fc1cc2c(cc1Br)[nH]c(=S)n2C1CCCCCCC1. The van der Waals surface area contributed by atoms with E-state index in [9.17, 15) is 4.39 Å². The van der Waals surface area contributed by atoms with Gasteiger partial charge in [-0.15, -0.1) is 0 Å².